The molecule has 0 aromatic heterocycles. The highest BCUT2D eigenvalue weighted by Gasteiger charge is 2.28. The van der Waals surface area contributed by atoms with Crippen LogP contribution in [0.4, 0.5) is 0 Å². The molecule has 0 heterocycles. The first-order valence-corrected chi connectivity index (χ1v) is 7.59. The first kappa shape index (κ1) is 22.3. The van der Waals surface area contributed by atoms with Gasteiger partial charge in [-0.1, -0.05) is 13.8 Å². The number of rotatable bonds is 10. The lowest BCUT2D eigenvalue weighted by molar-refractivity contribution is -0.138. The van der Waals surface area contributed by atoms with Gasteiger partial charge in [-0.15, -0.1) is 0 Å². The Bertz CT molecular complexity index is 536. The largest absolute Gasteiger partial charge is 0.480 e. The average Bonchev–Trinajstić information content (AvgIpc) is 2.48. The molecule has 0 fully saturated rings. The number of amides is 4. The first-order chi connectivity index (χ1) is 11.5. The Morgan fingerprint density at radius 2 is 1.52 bits per heavy atom. The Labute approximate surface area is 144 Å². The van der Waals surface area contributed by atoms with Crippen LogP contribution in [0.15, 0.2) is 0 Å². The molecule has 8 N–H and O–H groups in total. The summed E-state index contributed by atoms with van der Waals surface area (Å²) in [4.78, 5) is 57.1. The van der Waals surface area contributed by atoms with E-state index in [1.807, 2.05) is 0 Å². The second-order valence-electron chi connectivity index (χ2n) is 5.85. The van der Waals surface area contributed by atoms with E-state index in [9.17, 15) is 24.0 Å². The minimum absolute atomic E-state index is 0.322. The van der Waals surface area contributed by atoms with Gasteiger partial charge in [-0.05, 0) is 12.8 Å². The lowest BCUT2D eigenvalue weighted by Gasteiger charge is -2.24. The summed E-state index contributed by atoms with van der Waals surface area (Å²) < 4.78 is 0. The Morgan fingerprint density at radius 3 is 1.96 bits per heavy atom. The molecule has 0 aliphatic rings. The van der Waals surface area contributed by atoms with Crippen molar-refractivity contribution in [3.63, 3.8) is 0 Å². The number of nitrogens with two attached hydrogens (primary N) is 2. The fraction of sp³-hybridized carbons (Fsp3) is 0.643. The molecule has 4 amide bonds. The molecule has 0 spiro atoms. The fourth-order valence-electron chi connectivity index (χ4n) is 1.78. The van der Waals surface area contributed by atoms with E-state index in [0.29, 0.717) is 0 Å². The van der Waals surface area contributed by atoms with Crippen molar-refractivity contribution >= 4 is 29.6 Å². The summed E-state index contributed by atoms with van der Waals surface area (Å²) in [7, 11) is 0. The topological polar surface area (TPSA) is 194 Å². The molecule has 11 nitrogen and oxygen atoms in total. The molecule has 0 bridgehead atoms. The second-order valence-corrected chi connectivity index (χ2v) is 5.85. The molecule has 0 radical (unpaired) electrons. The molecule has 3 unspecified atom stereocenters. The normalized spacial score (nSPS) is 14.1. The van der Waals surface area contributed by atoms with Gasteiger partial charge in [0.05, 0.1) is 12.5 Å². The zero-order chi connectivity index (χ0) is 19.7. The van der Waals surface area contributed by atoms with E-state index in [4.69, 9.17) is 16.6 Å². The number of aliphatic carboxylic acids is 1. The number of nitrogens with one attached hydrogen (secondary N) is 3. The van der Waals surface area contributed by atoms with Crippen LogP contribution in [-0.2, 0) is 24.0 Å². The van der Waals surface area contributed by atoms with Crippen LogP contribution in [-0.4, -0.2) is 59.4 Å². The van der Waals surface area contributed by atoms with Crippen LogP contribution in [0.2, 0.25) is 0 Å². The molecule has 0 aliphatic heterocycles. The number of carbonyl (C=O) groups excluding carboxylic acids is 4. The molecule has 25 heavy (non-hydrogen) atoms. The van der Waals surface area contributed by atoms with E-state index in [1.54, 1.807) is 13.8 Å². The van der Waals surface area contributed by atoms with Gasteiger partial charge in [-0.2, -0.15) is 0 Å². The van der Waals surface area contributed by atoms with Crippen molar-refractivity contribution in [3.8, 4) is 0 Å². The number of carbonyl (C=O) groups is 5. The van der Waals surface area contributed by atoms with Crippen molar-refractivity contribution in [2.45, 2.75) is 45.3 Å². The summed E-state index contributed by atoms with van der Waals surface area (Å²) in [6.07, 6.45) is -0.369. The number of primary amides is 1. The Morgan fingerprint density at radius 1 is 0.960 bits per heavy atom. The standard InChI is InChI=1S/C14H25N5O6/c1-6(2)11(14(25)17-5-10(21)22)19-12(23)7(3)18-13(24)8(15)4-9(16)20/h6-8,11H,4-5,15H2,1-3H3,(H2,16,20)(H,17,25)(H,18,24)(H,19,23)(H,21,22). The van der Waals surface area contributed by atoms with E-state index in [2.05, 4.69) is 16.0 Å². The zero-order valence-corrected chi connectivity index (χ0v) is 14.4. The van der Waals surface area contributed by atoms with Gasteiger partial charge < -0.3 is 32.5 Å². The van der Waals surface area contributed by atoms with Gasteiger partial charge in [0.2, 0.25) is 23.6 Å². The summed E-state index contributed by atoms with van der Waals surface area (Å²) >= 11 is 0. The van der Waals surface area contributed by atoms with Crippen molar-refractivity contribution < 1.29 is 29.1 Å². The van der Waals surface area contributed by atoms with Crippen LogP contribution in [0.3, 0.4) is 0 Å². The summed E-state index contributed by atoms with van der Waals surface area (Å²) in [5.74, 6) is -4.35. The van der Waals surface area contributed by atoms with Gasteiger partial charge >= 0.3 is 5.97 Å². The Hall–Kier alpha value is -2.69. The fourth-order valence-corrected chi connectivity index (χ4v) is 1.78. The van der Waals surface area contributed by atoms with Crippen LogP contribution in [0.25, 0.3) is 0 Å². The highest BCUT2D eigenvalue weighted by atomic mass is 16.4. The van der Waals surface area contributed by atoms with Crippen molar-refractivity contribution in [3.05, 3.63) is 0 Å². The van der Waals surface area contributed by atoms with Crippen LogP contribution < -0.4 is 27.4 Å². The quantitative estimate of drug-likeness (QED) is 0.239. The second kappa shape index (κ2) is 10.2. The summed E-state index contributed by atoms with van der Waals surface area (Å²) in [6.45, 7) is 4.12. The van der Waals surface area contributed by atoms with Crippen molar-refractivity contribution in [2.24, 2.45) is 17.4 Å². The third-order valence-corrected chi connectivity index (χ3v) is 3.17. The van der Waals surface area contributed by atoms with Gasteiger partial charge in [0.15, 0.2) is 0 Å². The molecule has 0 aromatic carbocycles. The van der Waals surface area contributed by atoms with Crippen molar-refractivity contribution in [1.82, 2.24) is 16.0 Å². The molecular weight excluding hydrogens is 334 g/mol. The molecule has 0 rings (SSSR count). The molecule has 142 valence electrons. The maximum absolute atomic E-state index is 12.1. The molecule has 3 atom stereocenters. The van der Waals surface area contributed by atoms with Crippen LogP contribution in [0.5, 0.6) is 0 Å². The van der Waals surface area contributed by atoms with Crippen LogP contribution in [0, 0.1) is 5.92 Å². The van der Waals surface area contributed by atoms with Gasteiger partial charge in [0, 0.05) is 0 Å². The third-order valence-electron chi connectivity index (χ3n) is 3.17. The zero-order valence-electron chi connectivity index (χ0n) is 14.4. The van der Waals surface area contributed by atoms with Gasteiger partial charge in [0.1, 0.15) is 18.6 Å². The minimum Gasteiger partial charge on any atom is -0.480 e. The lowest BCUT2D eigenvalue weighted by Crippen LogP contribution is -2.56. The van der Waals surface area contributed by atoms with Crippen LogP contribution >= 0.6 is 0 Å². The van der Waals surface area contributed by atoms with Gasteiger partial charge in [0.25, 0.3) is 0 Å². The third kappa shape index (κ3) is 8.65. The van der Waals surface area contributed by atoms with Gasteiger partial charge in [-0.3, -0.25) is 24.0 Å². The monoisotopic (exact) mass is 359 g/mol. The molecule has 0 aliphatic carbocycles. The minimum atomic E-state index is -1.22. The molecule has 0 aromatic rings. The number of hydrogen-bond acceptors (Lipinski definition) is 6. The molecule has 11 heteroatoms. The van der Waals surface area contributed by atoms with E-state index in [1.165, 1.54) is 6.92 Å². The highest BCUT2D eigenvalue weighted by Crippen LogP contribution is 2.02. The Balaban J connectivity index is 4.73. The first-order valence-electron chi connectivity index (χ1n) is 7.59. The predicted molar refractivity (Wildman–Crippen MR) is 86.8 cm³/mol. The summed E-state index contributed by atoms with van der Waals surface area (Å²) in [5, 5.41) is 15.5. The van der Waals surface area contributed by atoms with Gasteiger partial charge in [-0.25, -0.2) is 0 Å². The lowest BCUT2D eigenvalue weighted by atomic mass is 10.0. The SMILES string of the molecule is CC(NC(=O)C(N)CC(N)=O)C(=O)NC(C(=O)NCC(=O)O)C(C)C. The number of carboxylic acid groups (broad SMARTS) is 1. The highest BCUT2D eigenvalue weighted by molar-refractivity contribution is 5.94. The molecular formula is C14H25N5O6. The maximum atomic E-state index is 12.1. The Kier molecular flexibility index (Phi) is 9.13. The molecule has 0 saturated heterocycles. The van der Waals surface area contributed by atoms with E-state index < -0.39 is 54.3 Å². The summed E-state index contributed by atoms with van der Waals surface area (Å²) in [5.41, 5.74) is 10.4. The van der Waals surface area contributed by atoms with E-state index in [0.717, 1.165) is 0 Å². The van der Waals surface area contributed by atoms with Crippen molar-refractivity contribution in [2.75, 3.05) is 6.54 Å². The number of carboxylic acids is 1. The van der Waals surface area contributed by atoms with E-state index in [-0.39, 0.29) is 12.3 Å². The molecule has 0 saturated carbocycles. The smallest absolute Gasteiger partial charge is 0.322 e. The summed E-state index contributed by atoms with van der Waals surface area (Å²) in [6, 6.07) is -3.20. The predicted octanol–water partition coefficient (Wildman–Crippen LogP) is -2.96. The average molecular weight is 359 g/mol. The van der Waals surface area contributed by atoms with Crippen LogP contribution in [0.1, 0.15) is 27.2 Å². The maximum Gasteiger partial charge on any atom is 0.322 e. The van der Waals surface area contributed by atoms with E-state index >= 15 is 0 Å². The van der Waals surface area contributed by atoms with Crippen molar-refractivity contribution in [1.29, 1.82) is 0 Å². The number of hydrogen-bond donors (Lipinski definition) is 6.